The first-order valence-corrected chi connectivity index (χ1v) is 13.9. The fourth-order valence-corrected chi connectivity index (χ4v) is 9.10. The van der Waals surface area contributed by atoms with Crippen LogP contribution in [0.4, 0.5) is 15.9 Å². The Morgan fingerprint density at radius 3 is 1.84 bits per heavy atom. The molecule has 0 bridgehead atoms. The molecule has 0 fully saturated rings. The van der Waals surface area contributed by atoms with Crippen molar-refractivity contribution in [2.45, 2.75) is 0 Å². The summed E-state index contributed by atoms with van der Waals surface area (Å²) < 4.78 is 5.14. The minimum atomic E-state index is -0.416. The fourth-order valence-electron chi connectivity index (χ4n) is 4.03. The molecule has 1 aromatic heterocycles. The topological polar surface area (TPSA) is 37.4 Å². The Hall–Kier alpha value is -2.67. The molecule has 6 rings (SSSR count). The Labute approximate surface area is 195 Å². The zero-order chi connectivity index (χ0) is 20.9. The number of fused-ring (bicyclic) bond motifs is 3. The van der Waals surface area contributed by atoms with Crippen molar-refractivity contribution in [3.8, 4) is 0 Å². The Morgan fingerprint density at radius 1 is 0.677 bits per heavy atom. The average Bonchev–Trinajstić information content (AvgIpc) is 3.36. The number of anilines is 3. The predicted molar refractivity (Wildman–Crippen MR) is 126 cm³/mol. The summed E-state index contributed by atoms with van der Waals surface area (Å²) in [4.78, 5) is 27.9. The van der Waals surface area contributed by atoms with Gasteiger partial charge in [0, 0.05) is 0 Å². The van der Waals surface area contributed by atoms with E-state index in [1.54, 1.807) is 24.3 Å². The van der Waals surface area contributed by atoms with Crippen molar-refractivity contribution in [1.82, 2.24) is 0 Å². The van der Waals surface area contributed by atoms with Gasteiger partial charge in [-0.1, -0.05) is 0 Å². The van der Waals surface area contributed by atoms with Crippen molar-refractivity contribution in [1.29, 1.82) is 0 Å². The van der Waals surface area contributed by atoms with Crippen LogP contribution in [0, 0.1) is 0 Å². The Kier molecular flexibility index (Phi) is 4.60. The maximum atomic E-state index is 12.8. The monoisotopic (exact) mass is 583 g/mol. The van der Waals surface area contributed by atoms with Gasteiger partial charge in [0.2, 0.25) is 0 Å². The van der Waals surface area contributed by atoms with Gasteiger partial charge in [0.25, 0.3) is 0 Å². The van der Waals surface area contributed by atoms with Crippen LogP contribution >= 0.6 is 0 Å². The molecular formula is C26H15NO2SeTe. The second kappa shape index (κ2) is 7.48. The van der Waals surface area contributed by atoms with Gasteiger partial charge in [-0.2, -0.15) is 0 Å². The van der Waals surface area contributed by atoms with Gasteiger partial charge in [-0.05, 0) is 0 Å². The number of carbonyl (C=O) groups is 2. The summed E-state index contributed by atoms with van der Waals surface area (Å²) >= 11 is -0.416. The molecule has 31 heavy (non-hydrogen) atoms. The van der Waals surface area contributed by atoms with Crippen LogP contribution in [0.5, 0.6) is 0 Å². The van der Waals surface area contributed by atoms with Crippen LogP contribution in [0.1, 0.15) is 25.2 Å². The quantitative estimate of drug-likeness (QED) is 0.182. The van der Waals surface area contributed by atoms with Crippen LogP contribution in [0.2, 0.25) is 0 Å². The minimum absolute atomic E-state index is 0.000454. The Balaban J connectivity index is 1.43. The van der Waals surface area contributed by atoms with Crippen LogP contribution in [-0.4, -0.2) is 47.0 Å². The summed E-state index contributed by atoms with van der Waals surface area (Å²) in [6, 6.07) is 28.6. The summed E-state index contributed by atoms with van der Waals surface area (Å²) in [6.07, 6.45) is 1.81. The summed E-state index contributed by atoms with van der Waals surface area (Å²) in [5, 5.41) is 0. The third kappa shape index (κ3) is 3.09. The number of hydrogen-bond acceptors (Lipinski definition) is 3. The van der Waals surface area contributed by atoms with E-state index in [-0.39, 0.29) is 31.6 Å². The molecule has 2 heterocycles. The summed E-state index contributed by atoms with van der Waals surface area (Å²) in [6.45, 7) is 0. The SMILES string of the molecule is O=C1C(=Cc2ccc(N3c4ccccc4[Te]c4ccccc43)[se]2)C(=O)c2ccccc21. The first kappa shape index (κ1) is 19.0. The van der Waals surface area contributed by atoms with Crippen molar-refractivity contribution in [3.63, 3.8) is 0 Å². The Bertz CT molecular complexity index is 1340. The van der Waals surface area contributed by atoms with Crippen LogP contribution in [0.3, 0.4) is 0 Å². The van der Waals surface area contributed by atoms with E-state index in [1.807, 2.05) is 6.08 Å². The number of benzene rings is 3. The molecule has 0 saturated heterocycles. The van der Waals surface area contributed by atoms with Gasteiger partial charge in [0.05, 0.1) is 0 Å². The van der Waals surface area contributed by atoms with Gasteiger partial charge in [-0.15, -0.1) is 0 Å². The van der Waals surface area contributed by atoms with Gasteiger partial charge in [-0.3, -0.25) is 0 Å². The first-order valence-electron chi connectivity index (χ1n) is 9.87. The van der Waals surface area contributed by atoms with E-state index in [0.717, 1.165) is 4.44 Å². The van der Waals surface area contributed by atoms with Gasteiger partial charge in [-0.25, -0.2) is 0 Å². The normalized spacial score (nSPS) is 14.3. The van der Waals surface area contributed by atoms with Gasteiger partial charge in [0.15, 0.2) is 0 Å². The summed E-state index contributed by atoms with van der Waals surface area (Å²) in [7, 11) is 0. The molecule has 1 aliphatic heterocycles. The van der Waals surface area contributed by atoms with Crippen molar-refractivity contribution in [3.05, 3.63) is 106 Å². The standard InChI is InChI=1S/C26H15NO2SeTe/c28-25-17-7-1-2-8-18(17)26(29)19(25)15-16-13-14-24(30-16)27-20-9-3-5-11-22(20)31-23-12-6-4-10-21(23)27/h1-15H. The van der Waals surface area contributed by atoms with E-state index in [9.17, 15) is 9.59 Å². The van der Waals surface area contributed by atoms with E-state index in [2.05, 4.69) is 65.6 Å². The molecule has 4 aromatic rings. The molecule has 0 spiro atoms. The predicted octanol–water partition coefficient (Wildman–Crippen LogP) is 3.64. The van der Waals surface area contributed by atoms with Crippen molar-refractivity contribution >= 4 is 76.2 Å². The third-order valence-electron chi connectivity index (χ3n) is 5.46. The van der Waals surface area contributed by atoms with Crippen LogP contribution in [-0.2, 0) is 0 Å². The number of para-hydroxylation sites is 2. The molecule has 3 nitrogen and oxygen atoms in total. The average molecular weight is 580 g/mol. The zero-order valence-electron chi connectivity index (χ0n) is 16.2. The molecule has 148 valence electrons. The van der Waals surface area contributed by atoms with Crippen LogP contribution in [0.15, 0.2) is 90.5 Å². The van der Waals surface area contributed by atoms with Crippen molar-refractivity contribution in [2.75, 3.05) is 4.90 Å². The molecular weight excluding hydrogens is 565 g/mol. The summed E-state index contributed by atoms with van der Waals surface area (Å²) in [5.74, 6) is -0.324. The second-order valence-corrected chi connectivity index (χ2v) is 12.7. The fraction of sp³-hybridized carbons (Fsp3) is 0. The van der Waals surface area contributed by atoms with E-state index in [4.69, 9.17) is 0 Å². The van der Waals surface area contributed by atoms with Crippen molar-refractivity contribution in [2.24, 2.45) is 0 Å². The number of carbonyl (C=O) groups excluding carboxylic acids is 2. The second-order valence-electron chi connectivity index (χ2n) is 7.31. The summed E-state index contributed by atoms with van der Waals surface area (Å²) in [5.41, 5.74) is 3.84. The molecule has 0 radical (unpaired) electrons. The number of rotatable bonds is 2. The number of nitrogens with zero attached hydrogens (tertiary/aromatic N) is 1. The maximum absolute atomic E-state index is 12.8. The molecule has 1 aliphatic carbocycles. The van der Waals surface area contributed by atoms with Gasteiger partial charge >= 0.3 is 197 Å². The number of allylic oxidation sites excluding steroid dienone is 1. The van der Waals surface area contributed by atoms with E-state index in [0.29, 0.717) is 11.1 Å². The van der Waals surface area contributed by atoms with Crippen LogP contribution < -0.4 is 12.1 Å². The van der Waals surface area contributed by atoms with E-state index < -0.39 is 20.9 Å². The molecule has 3 aromatic carbocycles. The third-order valence-corrected chi connectivity index (χ3v) is 10.8. The Morgan fingerprint density at radius 2 is 1.23 bits per heavy atom. The van der Waals surface area contributed by atoms with Crippen molar-refractivity contribution < 1.29 is 9.59 Å². The molecule has 0 atom stereocenters. The number of hydrogen-bond donors (Lipinski definition) is 0. The van der Waals surface area contributed by atoms with Gasteiger partial charge < -0.3 is 0 Å². The molecule has 0 unspecified atom stereocenters. The van der Waals surface area contributed by atoms with Crippen LogP contribution in [0.25, 0.3) is 6.08 Å². The van der Waals surface area contributed by atoms with E-state index >= 15 is 0 Å². The molecule has 2 aliphatic rings. The molecule has 0 N–H and O–H groups in total. The number of ketones is 2. The zero-order valence-corrected chi connectivity index (χ0v) is 20.3. The molecule has 5 heteroatoms. The number of Topliss-reactive ketones (excluding diaryl/α,β-unsaturated/α-hetero) is 2. The molecule has 0 saturated carbocycles. The van der Waals surface area contributed by atoms with Gasteiger partial charge in [0.1, 0.15) is 0 Å². The molecule has 0 amide bonds. The first-order chi connectivity index (χ1) is 15.2. The van der Waals surface area contributed by atoms with E-state index in [1.165, 1.54) is 23.2 Å².